The summed E-state index contributed by atoms with van der Waals surface area (Å²) in [7, 11) is 0. The van der Waals surface area contributed by atoms with Crippen LogP contribution in [0, 0.1) is 0 Å². The van der Waals surface area contributed by atoms with Gasteiger partial charge in [-0.3, -0.25) is 9.78 Å². The van der Waals surface area contributed by atoms with Gasteiger partial charge in [-0.05, 0) is 17.7 Å². The summed E-state index contributed by atoms with van der Waals surface area (Å²) in [6, 6.07) is 7.73. The monoisotopic (exact) mass is 349 g/mol. The molecule has 3 heterocycles. The van der Waals surface area contributed by atoms with Gasteiger partial charge in [-0.15, -0.1) is 0 Å². The van der Waals surface area contributed by atoms with Crippen LogP contribution in [0.1, 0.15) is 22.3 Å². The Morgan fingerprint density at radius 1 is 1.15 bits per heavy atom. The molecule has 0 bridgehead atoms. The van der Waals surface area contributed by atoms with Crippen LogP contribution in [0.5, 0.6) is 5.88 Å². The van der Waals surface area contributed by atoms with Gasteiger partial charge in [-0.25, -0.2) is 9.97 Å². The standard InChI is InChI=1S/C19H19N5O2/c25-19(16-3-1-15(2-4-16)12-23-10-8-21-14-23)24-9-5-17(13-24)26-18-11-20-6-7-22-18/h1-4,6-8,10-11,14,17H,5,9,12-13H2. The van der Waals surface area contributed by atoms with Gasteiger partial charge in [0.05, 0.1) is 19.1 Å². The number of amides is 1. The lowest BCUT2D eigenvalue weighted by Gasteiger charge is -2.17. The molecule has 0 saturated carbocycles. The van der Waals surface area contributed by atoms with E-state index in [0.717, 1.165) is 18.5 Å². The molecule has 1 aromatic carbocycles. The zero-order chi connectivity index (χ0) is 17.8. The van der Waals surface area contributed by atoms with Crippen LogP contribution in [0.15, 0.2) is 61.6 Å². The van der Waals surface area contributed by atoms with E-state index in [1.165, 1.54) is 0 Å². The zero-order valence-electron chi connectivity index (χ0n) is 14.2. The summed E-state index contributed by atoms with van der Waals surface area (Å²) < 4.78 is 7.79. The minimum absolute atomic E-state index is 0.0319. The Bertz CT molecular complexity index is 849. The van der Waals surface area contributed by atoms with Crippen molar-refractivity contribution >= 4 is 5.91 Å². The third kappa shape index (κ3) is 3.72. The molecular weight excluding hydrogens is 330 g/mol. The molecule has 1 saturated heterocycles. The van der Waals surface area contributed by atoms with Crippen molar-refractivity contribution < 1.29 is 9.53 Å². The first-order valence-corrected chi connectivity index (χ1v) is 8.54. The molecule has 7 heteroatoms. The Hall–Kier alpha value is -3.22. The largest absolute Gasteiger partial charge is 0.471 e. The number of carbonyl (C=O) groups is 1. The van der Waals surface area contributed by atoms with E-state index in [4.69, 9.17) is 4.74 Å². The highest BCUT2D eigenvalue weighted by molar-refractivity contribution is 5.94. The molecule has 26 heavy (non-hydrogen) atoms. The number of hydrogen-bond acceptors (Lipinski definition) is 5. The molecule has 0 N–H and O–H groups in total. The van der Waals surface area contributed by atoms with Crippen molar-refractivity contribution in [3.63, 3.8) is 0 Å². The third-order valence-corrected chi connectivity index (χ3v) is 4.38. The van der Waals surface area contributed by atoms with Crippen LogP contribution in [0.2, 0.25) is 0 Å². The van der Waals surface area contributed by atoms with Gasteiger partial charge in [-0.1, -0.05) is 12.1 Å². The summed E-state index contributed by atoms with van der Waals surface area (Å²) >= 11 is 0. The number of benzene rings is 1. The van der Waals surface area contributed by atoms with Gasteiger partial charge in [0.2, 0.25) is 5.88 Å². The van der Waals surface area contributed by atoms with E-state index in [-0.39, 0.29) is 12.0 Å². The Morgan fingerprint density at radius 2 is 2.04 bits per heavy atom. The Labute approximate surface area is 151 Å². The third-order valence-electron chi connectivity index (χ3n) is 4.38. The van der Waals surface area contributed by atoms with Crippen LogP contribution in [-0.4, -0.2) is 49.5 Å². The van der Waals surface area contributed by atoms with Gasteiger partial charge in [0.25, 0.3) is 5.91 Å². The molecule has 7 nitrogen and oxygen atoms in total. The van der Waals surface area contributed by atoms with E-state index in [1.807, 2.05) is 39.9 Å². The molecule has 1 atom stereocenters. The number of rotatable bonds is 5. The molecule has 2 aromatic heterocycles. The number of likely N-dealkylation sites (tertiary alicyclic amines) is 1. The first-order chi connectivity index (χ1) is 12.8. The molecule has 1 aliphatic heterocycles. The SMILES string of the molecule is O=C(c1ccc(Cn2ccnc2)cc1)N1CCC(Oc2cnccn2)C1. The van der Waals surface area contributed by atoms with Crippen LogP contribution in [-0.2, 0) is 6.54 Å². The van der Waals surface area contributed by atoms with Crippen LogP contribution in [0.3, 0.4) is 0 Å². The van der Waals surface area contributed by atoms with Gasteiger partial charge in [0.1, 0.15) is 6.10 Å². The molecule has 0 aliphatic carbocycles. The average Bonchev–Trinajstić information content (AvgIpc) is 3.35. The minimum Gasteiger partial charge on any atom is -0.471 e. The van der Waals surface area contributed by atoms with Crippen LogP contribution in [0.25, 0.3) is 0 Å². The van der Waals surface area contributed by atoms with Crippen molar-refractivity contribution in [3.8, 4) is 5.88 Å². The summed E-state index contributed by atoms with van der Waals surface area (Å²) in [6.45, 7) is 1.99. The van der Waals surface area contributed by atoms with E-state index >= 15 is 0 Å². The molecule has 1 fully saturated rings. The Balaban J connectivity index is 1.35. The van der Waals surface area contributed by atoms with Crippen molar-refractivity contribution in [2.45, 2.75) is 19.1 Å². The van der Waals surface area contributed by atoms with Gasteiger partial charge < -0.3 is 14.2 Å². The van der Waals surface area contributed by atoms with Crippen molar-refractivity contribution in [2.75, 3.05) is 13.1 Å². The zero-order valence-corrected chi connectivity index (χ0v) is 14.2. The Kier molecular flexibility index (Phi) is 4.59. The molecule has 0 spiro atoms. The predicted octanol–water partition coefficient (Wildman–Crippen LogP) is 2.01. The minimum atomic E-state index is -0.0452. The van der Waals surface area contributed by atoms with Crippen molar-refractivity contribution in [1.82, 2.24) is 24.4 Å². The number of carbonyl (C=O) groups excluding carboxylic acids is 1. The lowest BCUT2D eigenvalue weighted by atomic mass is 10.1. The average molecular weight is 349 g/mol. The van der Waals surface area contributed by atoms with Crippen LogP contribution >= 0.6 is 0 Å². The van der Waals surface area contributed by atoms with Crippen molar-refractivity contribution in [2.24, 2.45) is 0 Å². The summed E-state index contributed by atoms with van der Waals surface area (Å²) in [5.74, 6) is 0.528. The molecule has 1 aliphatic rings. The van der Waals surface area contributed by atoms with Gasteiger partial charge >= 0.3 is 0 Å². The van der Waals surface area contributed by atoms with Crippen molar-refractivity contribution in [3.05, 3.63) is 72.7 Å². The first kappa shape index (κ1) is 16.3. The molecule has 0 radical (unpaired) electrons. The fourth-order valence-electron chi connectivity index (χ4n) is 3.05. The highest BCUT2D eigenvalue weighted by Gasteiger charge is 2.28. The Morgan fingerprint density at radius 3 is 2.77 bits per heavy atom. The fraction of sp³-hybridized carbons (Fsp3) is 0.263. The molecule has 3 aromatic rings. The summed E-state index contributed by atoms with van der Waals surface area (Å²) in [5.41, 5.74) is 1.82. The van der Waals surface area contributed by atoms with Gasteiger partial charge in [-0.2, -0.15) is 0 Å². The maximum Gasteiger partial charge on any atom is 0.253 e. The second-order valence-electron chi connectivity index (χ2n) is 6.26. The first-order valence-electron chi connectivity index (χ1n) is 8.54. The number of nitrogens with zero attached hydrogens (tertiary/aromatic N) is 5. The number of ether oxygens (including phenoxy) is 1. The van der Waals surface area contributed by atoms with Crippen molar-refractivity contribution in [1.29, 1.82) is 0 Å². The lowest BCUT2D eigenvalue weighted by Crippen LogP contribution is -2.31. The molecule has 132 valence electrons. The van der Waals surface area contributed by atoms with E-state index in [2.05, 4.69) is 15.0 Å². The second kappa shape index (κ2) is 7.35. The number of aromatic nitrogens is 4. The lowest BCUT2D eigenvalue weighted by molar-refractivity contribution is 0.0771. The summed E-state index contributed by atoms with van der Waals surface area (Å²) in [4.78, 5) is 26.7. The van der Waals surface area contributed by atoms with E-state index in [1.54, 1.807) is 31.1 Å². The highest BCUT2D eigenvalue weighted by atomic mass is 16.5. The summed E-state index contributed by atoms with van der Waals surface area (Å²) in [6.07, 6.45) is 11.0. The predicted molar refractivity (Wildman–Crippen MR) is 94.7 cm³/mol. The maximum absolute atomic E-state index is 12.7. The van der Waals surface area contributed by atoms with Crippen LogP contribution < -0.4 is 4.74 Å². The number of imidazole rings is 1. The molecule has 1 amide bonds. The molecule has 1 unspecified atom stereocenters. The van der Waals surface area contributed by atoms with Crippen LogP contribution in [0.4, 0.5) is 0 Å². The topological polar surface area (TPSA) is 73.1 Å². The second-order valence-corrected chi connectivity index (χ2v) is 6.26. The van der Waals surface area contributed by atoms with Gasteiger partial charge in [0.15, 0.2) is 0 Å². The van der Waals surface area contributed by atoms with E-state index < -0.39 is 0 Å². The van der Waals surface area contributed by atoms with E-state index in [0.29, 0.717) is 24.5 Å². The smallest absolute Gasteiger partial charge is 0.253 e. The van der Waals surface area contributed by atoms with Gasteiger partial charge in [0, 0.05) is 49.9 Å². The summed E-state index contributed by atoms with van der Waals surface area (Å²) in [5, 5.41) is 0. The molecular formula is C19H19N5O2. The van der Waals surface area contributed by atoms with E-state index in [9.17, 15) is 4.79 Å². The maximum atomic E-state index is 12.7. The number of hydrogen-bond donors (Lipinski definition) is 0. The molecule has 4 rings (SSSR count). The fourth-order valence-corrected chi connectivity index (χ4v) is 3.05. The highest BCUT2D eigenvalue weighted by Crippen LogP contribution is 2.18. The normalized spacial score (nSPS) is 16.6. The quantitative estimate of drug-likeness (QED) is 0.704.